The smallest absolute Gasteiger partial charge is 0.328 e. The first-order chi connectivity index (χ1) is 24.6. The van der Waals surface area contributed by atoms with Crippen LogP contribution in [0.3, 0.4) is 0 Å². The molecule has 3 aromatic carbocycles. The average molecular weight is 737 g/mol. The lowest BCUT2D eigenvalue weighted by molar-refractivity contribution is -0.0902. The molecule has 8 heteroatoms. The second-order valence-corrected chi connectivity index (χ2v) is 17.4. The molecule has 7 nitrogen and oxygen atoms in total. The first-order valence-corrected chi connectivity index (χ1v) is 21.2. The first kappa shape index (κ1) is 42.1. The van der Waals surface area contributed by atoms with Gasteiger partial charge in [-0.3, -0.25) is 4.57 Å². The van der Waals surface area contributed by atoms with E-state index in [0.29, 0.717) is 24.2 Å². The molecule has 288 valence electrons. The number of hydrogen-bond donors (Lipinski definition) is 0. The summed E-state index contributed by atoms with van der Waals surface area (Å²) in [6.45, 7) is 21.8. The van der Waals surface area contributed by atoms with Crippen molar-refractivity contribution in [3.63, 3.8) is 0 Å². The quantitative estimate of drug-likeness (QED) is 0.0896. The molecule has 0 N–H and O–H groups in total. The monoisotopic (exact) mass is 736 g/mol. The summed E-state index contributed by atoms with van der Waals surface area (Å²) < 4.78 is 52.8. The fourth-order valence-corrected chi connectivity index (χ4v) is 9.77. The standard InChI is InChI=1S/C44H65O7P/c1-13-30(3)33(6)35(8)43(9,34(7)31(4)14-2)51-52(12,45)50-41-28-32(5)49-42(41)29-48-44(36-18-16-15-17-19-36,37-20-24-39(46-10)25-21-37)38-22-26-40(47-11)27-23-38/h15-27,30-35,41-42H,13-14,28-29H2,1-12H3. The van der Waals surface area contributed by atoms with E-state index in [-0.39, 0.29) is 24.5 Å². The topological polar surface area (TPSA) is 72.5 Å². The highest BCUT2D eigenvalue weighted by atomic mass is 31.2. The van der Waals surface area contributed by atoms with Crippen LogP contribution >= 0.6 is 7.60 Å². The van der Waals surface area contributed by atoms with Gasteiger partial charge in [0.15, 0.2) is 0 Å². The molecule has 4 rings (SSSR count). The van der Waals surface area contributed by atoms with Crippen LogP contribution in [-0.4, -0.2) is 51.4 Å². The molecule has 3 aromatic rings. The maximum absolute atomic E-state index is 14.6. The Balaban J connectivity index is 1.69. The van der Waals surface area contributed by atoms with Crippen molar-refractivity contribution < 1.29 is 32.6 Å². The number of methoxy groups -OCH3 is 2. The van der Waals surface area contributed by atoms with Crippen LogP contribution in [0, 0.1) is 29.6 Å². The zero-order chi connectivity index (χ0) is 38.3. The van der Waals surface area contributed by atoms with Gasteiger partial charge in [-0.1, -0.05) is 116 Å². The molecule has 0 bridgehead atoms. The molecule has 1 saturated heterocycles. The Labute approximate surface area is 314 Å². The van der Waals surface area contributed by atoms with E-state index < -0.39 is 31.0 Å². The maximum Gasteiger partial charge on any atom is 0.328 e. The molecule has 1 aliphatic rings. The third kappa shape index (κ3) is 9.33. The lowest BCUT2D eigenvalue weighted by atomic mass is 9.67. The summed E-state index contributed by atoms with van der Waals surface area (Å²) in [4.78, 5) is 0. The third-order valence-electron chi connectivity index (χ3n) is 12.3. The van der Waals surface area contributed by atoms with E-state index in [1.807, 2.05) is 73.7 Å². The van der Waals surface area contributed by atoms with Gasteiger partial charge in [-0.05, 0) is 84.4 Å². The van der Waals surface area contributed by atoms with E-state index in [0.717, 1.165) is 41.0 Å². The Morgan fingerprint density at radius 1 is 0.769 bits per heavy atom. The van der Waals surface area contributed by atoms with Gasteiger partial charge < -0.3 is 28.0 Å². The first-order valence-electron chi connectivity index (χ1n) is 19.3. The van der Waals surface area contributed by atoms with Crippen LogP contribution in [0.25, 0.3) is 0 Å². The molecule has 0 radical (unpaired) electrons. The van der Waals surface area contributed by atoms with Crippen molar-refractivity contribution in [3.8, 4) is 11.5 Å². The average Bonchev–Trinajstić information content (AvgIpc) is 3.51. The number of rotatable bonds is 19. The minimum absolute atomic E-state index is 0.110. The van der Waals surface area contributed by atoms with Gasteiger partial charge in [0.05, 0.1) is 38.6 Å². The van der Waals surface area contributed by atoms with Crippen molar-refractivity contribution in [1.29, 1.82) is 0 Å². The molecular weight excluding hydrogens is 671 g/mol. The Morgan fingerprint density at radius 2 is 1.27 bits per heavy atom. The summed E-state index contributed by atoms with van der Waals surface area (Å²) in [5, 5.41) is 0. The minimum Gasteiger partial charge on any atom is -0.497 e. The van der Waals surface area contributed by atoms with Crippen molar-refractivity contribution in [2.24, 2.45) is 29.6 Å². The summed E-state index contributed by atoms with van der Waals surface area (Å²) in [6.07, 6.45) is 1.59. The Bertz CT molecular complexity index is 1510. The summed E-state index contributed by atoms with van der Waals surface area (Å²) in [5.74, 6) is 3.09. The number of hydrogen-bond acceptors (Lipinski definition) is 7. The van der Waals surface area contributed by atoms with E-state index in [4.69, 9.17) is 28.0 Å². The highest BCUT2D eigenvalue weighted by molar-refractivity contribution is 7.53. The highest BCUT2D eigenvalue weighted by Gasteiger charge is 2.49. The molecule has 0 spiro atoms. The molecule has 1 fully saturated rings. The van der Waals surface area contributed by atoms with Crippen LogP contribution in [0.4, 0.5) is 0 Å². The summed E-state index contributed by atoms with van der Waals surface area (Å²) >= 11 is 0. The Kier molecular flexibility index (Phi) is 14.6. The molecule has 0 aliphatic carbocycles. The van der Waals surface area contributed by atoms with Crippen LogP contribution in [0.15, 0.2) is 78.9 Å². The van der Waals surface area contributed by atoms with E-state index in [2.05, 4.69) is 67.5 Å². The van der Waals surface area contributed by atoms with Gasteiger partial charge in [-0.2, -0.15) is 0 Å². The van der Waals surface area contributed by atoms with Gasteiger partial charge >= 0.3 is 7.60 Å². The normalized spacial score (nSPS) is 23.1. The summed E-state index contributed by atoms with van der Waals surface area (Å²) in [5.41, 5.74) is 1.13. The highest BCUT2D eigenvalue weighted by Crippen LogP contribution is 2.56. The Morgan fingerprint density at radius 3 is 1.75 bits per heavy atom. The third-order valence-corrected chi connectivity index (χ3v) is 13.7. The lowest BCUT2D eigenvalue weighted by Crippen LogP contribution is -2.48. The van der Waals surface area contributed by atoms with E-state index in [1.54, 1.807) is 20.9 Å². The predicted octanol–water partition coefficient (Wildman–Crippen LogP) is 11.2. The fourth-order valence-electron chi connectivity index (χ4n) is 7.97. The summed E-state index contributed by atoms with van der Waals surface area (Å²) in [6, 6.07) is 26.2. The van der Waals surface area contributed by atoms with Gasteiger partial charge in [0.2, 0.25) is 0 Å². The van der Waals surface area contributed by atoms with Crippen LogP contribution < -0.4 is 9.47 Å². The van der Waals surface area contributed by atoms with Crippen LogP contribution in [-0.2, 0) is 28.7 Å². The summed E-state index contributed by atoms with van der Waals surface area (Å²) in [7, 11) is -0.260. The van der Waals surface area contributed by atoms with Crippen molar-refractivity contribution in [3.05, 3.63) is 95.6 Å². The molecule has 0 amide bonds. The van der Waals surface area contributed by atoms with Crippen LogP contribution in [0.1, 0.15) is 98.3 Å². The van der Waals surface area contributed by atoms with Crippen molar-refractivity contribution >= 4 is 7.60 Å². The number of ether oxygens (including phenoxy) is 4. The van der Waals surface area contributed by atoms with Gasteiger partial charge in [-0.25, -0.2) is 0 Å². The van der Waals surface area contributed by atoms with Crippen molar-refractivity contribution in [2.45, 2.75) is 111 Å². The van der Waals surface area contributed by atoms with E-state index in [9.17, 15) is 4.57 Å². The SMILES string of the molecule is CCC(C)C(C)C(C)C(C)(OP(C)(=O)OC1CC(C)OC1COC(c1ccccc1)(c1ccc(OC)cc1)c1ccc(OC)cc1)C(C)C(C)CC. The van der Waals surface area contributed by atoms with Crippen molar-refractivity contribution in [2.75, 3.05) is 27.5 Å². The maximum atomic E-state index is 14.6. The lowest BCUT2D eigenvalue weighted by Gasteiger charge is -2.47. The van der Waals surface area contributed by atoms with Gasteiger partial charge in [0, 0.05) is 13.1 Å². The largest absolute Gasteiger partial charge is 0.497 e. The molecule has 1 aliphatic heterocycles. The molecule has 1 heterocycles. The van der Waals surface area contributed by atoms with Crippen LogP contribution in [0.5, 0.6) is 11.5 Å². The molecule has 0 aromatic heterocycles. The van der Waals surface area contributed by atoms with Crippen molar-refractivity contribution in [1.82, 2.24) is 0 Å². The van der Waals surface area contributed by atoms with Gasteiger partial charge in [-0.15, -0.1) is 0 Å². The molecule has 52 heavy (non-hydrogen) atoms. The van der Waals surface area contributed by atoms with E-state index >= 15 is 0 Å². The zero-order valence-corrected chi connectivity index (χ0v) is 34.7. The molecular formula is C44H65O7P. The number of benzene rings is 3. The zero-order valence-electron chi connectivity index (χ0n) is 33.8. The molecule has 10 atom stereocenters. The minimum atomic E-state index is -3.58. The molecule has 0 saturated carbocycles. The van der Waals surface area contributed by atoms with Crippen LogP contribution in [0.2, 0.25) is 0 Å². The molecule has 10 unspecified atom stereocenters. The van der Waals surface area contributed by atoms with Gasteiger partial charge in [0.1, 0.15) is 23.2 Å². The Hall–Kier alpha value is -2.67. The predicted molar refractivity (Wildman–Crippen MR) is 212 cm³/mol. The van der Waals surface area contributed by atoms with Gasteiger partial charge in [0.25, 0.3) is 0 Å². The second-order valence-electron chi connectivity index (χ2n) is 15.4. The fraction of sp³-hybridized carbons (Fsp3) is 0.591. The second kappa shape index (κ2) is 18.1. The van der Waals surface area contributed by atoms with E-state index in [1.165, 1.54) is 0 Å².